The summed E-state index contributed by atoms with van der Waals surface area (Å²) in [5, 5.41) is 5.38. The molecule has 25 heavy (non-hydrogen) atoms. The highest BCUT2D eigenvalue weighted by Crippen LogP contribution is 2.19. The number of sulfonamides is 1. The van der Waals surface area contributed by atoms with Crippen LogP contribution in [0.3, 0.4) is 0 Å². The molecule has 134 valence electrons. The van der Waals surface area contributed by atoms with E-state index in [9.17, 15) is 13.2 Å². The lowest BCUT2D eigenvalue weighted by Gasteiger charge is -2.18. The number of rotatable bonds is 6. The molecule has 0 aliphatic carbocycles. The lowest BCUT2D eigenvalue weighted by atomic mass is 10.3. The van der Waals surface area contributed by atoms with Gasteiger partial charge in [0.15, 0.2) is 0 Å². The Morgan fingerprint density at radius 3 is 2.16 bits per heavy atom. The van der Waals surface area contributed by atoms with Crippen molar-refractivity contribution in [2.45, 2.75) is 18.7 Å². The molecule has 0 aliphatic heterocycles. The van der Waals surface area contributed by atoms with E-state index >= 15 is 0 Å². The van der Waals surface area contributed by atoms with E-state index in [1.807, 2.05) is 12.1 Å². The lowest BCUT2D eigenvalue weighted by Crippen LogP contribution is -2.30. The zero-order valence-electron chi connectivity index (χ0n) is 14.0. The standard InChI is InChI=1S/C17H20BrN3O3S/c1-3-21(4-2)25(23,24)16-10-8-14(9-11-16)19-17(22)20-15-7-5-6-13(18)12-15/h5-12H,3-4H2,1-2H3,(H2,19,20,22). The van der Waals surface area contributed by atoms with Crippen LogP contribution in [-0.2, 0) is 10.0 Å². The van der Waals surface area contributed by atoms with Crippen LogP contribution in [0.25, 0.3) is 0 Å². The van der Waals surface area contributed by atoms with Gasteiger partial charge in [-0.1, -0.05) is 35.8 Å². The number of carbonyl (C=O) groups excluding carboxylic acids is 1. The topological polar surface area (TPSA) is 78.5 Å². The highest BCUT2D eigenvalue weighted by Gasteiger charge is 2.21. The van der Waals surface area contributed by atoms with Crippen LogP contribution in [0.2, 0.25) is 0 Å². The fourth-order valence-corrected chi connectivity index (χ4v) is 4.14. The molecule has 6 nitrogen and oxygen atoms in total. The SMILES string of the molecule is CCN(CC)S(=O)(=O)c1ccc(NC(=O)Nc2cccc(Br)c2)cc1. The van der Waals surface area contributed by atoms with Crippen molar-refractivity contribution in [2.75, 3.05) is 23.7 Å². The zero-order chi connectivity index (χ0) is 18.4. The number of anilines is 2. The van der Waals surface area contributed by atoms with Crippen molar-refractivity contribution in [3.63, 3.8) is 0 Å². The highest BCUT2D eigenvalue weighted by molar-refractivity contribution is 9.10. The van der Waals surface area contributed by atoms with Gasteiger partial charge in [-0.05, 0) is 42.5 Å². The maximum atomic E-state index is 12.4. The molecule has 0 saturated heterocycles. The molecule has 8 heteroatoms. The van der Waals surface area contributed by atoms with Crippen molar-refractivity contribution >= 4 is 43.4 Å². The van der Waals surface area contributed by atoms with Gasteiger partial charge < -0.3 is 10.6 Å². The minimum absolute atomic E-state index is 0.203. The second-order valence-corrected chi connectivity index (χ2v) is 8.06. The molecule has 0 aromatic heterocycles. The van der Waals surface area contributed by atoms with E-state index in [4.69, 9.17) is 0 Å². The molecular formula is C17H20BrN3O3S. The van der Waals surface area contributed by atoms with E-state index in [1.54, 1.807) is 38.1 Å². The van der Waals surface area contributed by atoms with Gasteiger partial charge in [0.05, 0.1) is 4.90 Å². The molecule has 0 atom stereocenters. The molecule has 2 rings (SSSR count). The van der Waals surface area contributed by atoms with Gasteiger partial charge in [-0.2, -0.15) is 4.31 Å². The molecule has 0 unspecified atom stereocenters. The third-order valence-corrected chi connectivity index (χ3v) is 6.10. The Bertz CT molecular complexity index is 834. The average Bonchev–Trinajstić information content (AvgIpc) is 2.56. The summed E-state index contributed by atoms with van der Waals surface area (Å²) in [4.78, 5) is 12.2. The largest absolute Gasteiger partial charge is 0.323 e. The van der Waals surface area contributed by atoms with Crippen LogP contribution in [0, 0.1) is 0 Å². The van der Waals surface area contributed by atoms with Gasteiger partial charge in [-0.3, -0.25) is 0 Å². The first-order valence-electron chi connectivity index (χ1n) is 7.80. The average molecular weight is 426 g/mol. The van der Waals surface area contributed by atoms with E-state index in [2.05, 4.69) is 26.6 Å². The summed E-state index contributed by atoms with van der Waals surface area (Å²) in [5.41, 5.74) is 1.15. The van der Waals surface area contributed by atoms with Crippen LogP contribution in [0.15, 0.2) is 57.9 Å². The van der Waals surface area contributed by atoms with Gasteiger partial charge in [0.1, 0.15) is 0 Å². The van der Waals surface area contributed by atoms with Gasteiger partial charge in [-0.15, -0.1) is 0 Å². The molecule has 2 aromatic rings. The molecule has 0 saturated carbocycles. The quantitative estimate of drug-likeness (QED) is 0.730. The zero-order valence-corrected chi connectivity index (χ0v) is 16.4. The first-order valence-corrected chi connectivity index (χ1v) is 10.0. The smallest absolute Gasteiger partial charge is 0.308 e. The van der Waals surface area contributed by atoms with Gasteiger partial charge >= 0.3 is 6.03 Å². The maximum Gasteiger partial charge on any atom is 0.323 e. The number of hydrogen-bond acceptors (Lipinski definition) is 3. The van der Waals surface area contributed by atoms with Crippen LogP contribution in [0.1, 0.15) is 13.8 Å². The fraction of sp³-hybridized carbons (Fsp3) is 0.235. The third-order valence-electron chi connectivity index (χ3n) is 3.54. The van der Waals surface area contributed by atoms with E-state index in [1.165, 1.54) is 16.4 Å². The number of nitrogens with zero attached hydrogens (tertiary/aromatic N) is 1. The minimum atomic E-state index is -3.50. The number of nitrogens with one attached hydrogen (secondary N) is 2. The highest BCUT2D eigenvalue weighted by atomic mass is 79.9. The Balaban J connectivity index is 2.06. The number of carbonyl (C=O) groups is 1. The summed E-state index contributed by atoms with van der Waals surface area (Å²) >= 11 is 3.34. The van der Waals surface area contributed by atoms with Crippen LogP contribution in [0.5, 0.6) is 0 Å². The second kappa shape index (κ2) is 8.46. The Morgan fingerprint density at radius 1 is 1.00 bits per heavy atom. The molecule has 0 heterocycles. The maximum absolute atomic E-state index is 12.4. The number of hydrogen-bond donors (Lipinski definition) is 2. The Morgan fingerprint density at radius 2 is 1.60 bits per heavy atom. The summed E-state index contributed by atoms with van der Waals surface area (Å²) in [6, 6.07) is 12.9. The molecular weight excluding hydrogens is 406 g/mol. The van der Waals surface area contributed by atoms with Gasteiger partial charge in [-0.25, -0.2) is 13.2 Å². The van der Waals surface area contributed by atoms with Crippen LogP contribution >= 0.6 is 15.9 Å². The summed E-state index contributed by atoms with van der Waals surface area (Å²) in [7, 11) is -3.50. The molecule has 0 fully saturated rings. The summed E-state index contributed by atoms with van der Waals surface area (Å²) < 4.78 is 27.1. The van der Waals surface area contributed by atoms with E-state index in [0.29, 0.717) is 24.5 Å². The minimum Gasteiger partial charge on any atom is -0.308 e. The predicted octanol–water partition coefficient (Wildman–Crippen LogP) is 4.12. The molecule has 2 amide bonds. The predicted molar refractivity (Wildman–Crippen MR) is 103 cm³/mol. The summed E-state index contributed by atoms with van der Waals surface area (Å²) in [6.07, 6.45) is 0. The monoisotopic (exact) mass is 425 g/mol. The Labute approximate surface area is 156 Å². The van der Waals surface area contributed by atoms with Crippen LogP contribution in [0.4, 0.5) is 16.2 Å². The second-order valence-electron chi connectivity index (χ2n) is 5.20. The van der Waals surface area contributed by atoms with E-state index in [0.717, 1.165) is 4.47 Å². The number of halogens is 1. The number of amides is 2. The van der Waals surface area contributed by atoms with Gasteiger partial charge in [0.2, 0.25) is 10.0 Å². The van der Waals surface area contributed by atoms with Crippen molar-refractivity contribution in [3.05, 3.63) is 53.0 Å². The van der Waals surface area contributed by atoms with Gasteiger partial charge in [0.25, 0.3) is 0 Å². The normalized spacial score (nSPS) is 11.4. The van der Waals surface area contributed by atoms with E-state index < -0.39 is 16.1 Å². The third kappa shape index (κ3) is 5.04. The lowest BCUT2D eigenvalue weighted by molar-refractivity contribution is 0.262. The fourth-order valence-electron chi connectivity index (χ4n) is 2.28. The van der Waals surface area contributed by atoms with Crippen LogP contribution in [-0.4, -0.2) is 31.8 Å². The van der Waals surface area contributed by atoms with Gasteiger partial charge in [0, 0.05) is 28.9 Å². The summed E-state index contributed by atoms with van der Waals surface area (Å²) in [6.45, 7) is 4.41. The summed E-state index contributed by atoms with van der Waals surface area (Å²) in [5.74, 6) is 0. The molecule has 0 spiro atoms. The first kappa shape index (κ1) is 19.4. The Hall–Kier alpha value is -1.90. The first-order chi connectivity index (χ1) is 11.9. The Kier molecular flexibility index (Phi) is 6.57. The number of benzene rings is 2. The number of urea groups is 1. The molecule has 0 radical (unpaired) electrons. The van der Waals surface area contributed by atoms with Crippen LogP contribution < -0.4 is 10.6 Å². The van der Waals surface area contributed by atoms with Crippen molar-refractivity contribution in [1.29, 1.82) is 0 Å². The molecule has 0 bridgehead atoms. The van der Waals surface area contributed by atoms with Crippen molar-refractivity contribution in [3.8, 4) is 0 Å². The molecule has 2 aromatic carbocycles. The van der Waals surface area contributed by atoms with E-state index in [-0.39, 0.29) is 4.90 Å². The molecule has 0 aliphatic rings. The van der Waals surface area contributed by atoms with Crippen molar-refractivity contribution in [1.82, 2.24) is 4.31 Å². The van der Waals surface area contributed by atoms with Crippen molar-refractivity contribution in [2.24, 2.45) is 0 Å². The molecule has 2 N–H and O–H groups in total. The van der Waals surface area contributed by atoms with Crippen molar-refractivity contribution < 1.29 is 13.2 Å².